The van der Waals surface area contributed by atoms with E-state index in [1.165, 1.54) is 4.90 Å². The van der Waals surface area contributed by atoms with Crippen LogP contribution in [0.2, 0.25) is 10.0 Å². The number of hydrogen-bond donors (Lipinski definition) is 1. The second kappa shape index (κ2) is 9.34. The van der Waals surface area contributed by atoms with Crippen molar-refractivity contribution in [2.45, 2.75) is 32.2 Å². The molecule has 0 radical (unpaired) electrons. The molecule has 9 heteroatoms. The molecule has 1 saturated heterocycles. The van der Waals surface area contributed by atoms with Crippen LogP contribution in [0.5, 0.6) is 0 Å². The zero-order valence-corrected chi connectivity index (χ0v) is 18.5. The zero-order chi connectivity index (χ0) is 21.1. The van der Waals surface area contributed by atoms with Gasteiger partial charge in [0.05, 0.1) is 9.93 Å². The Kier molecular flexibility index (Phi) is 7.05. The van der Waals surface area contributed by atoms with Gasteiger partial charge in [-0.15, -0.1) is 0 Å². The van der Waals surface area contributed by atoms with E-state index in [9.17, 15) is 14.7 Å². The minimum Gasteiger partial charge on any atom is -0.480 e. The number of carbonyl (C=O) groups is 2. The summed E-state index contributed by atoms with van der Waals surface area (Å²) in [6.07, 6.45) is 3.42. The van der Waals surface area contributed by atoms with Crippen LogP contribution >= 0.6 is 47.2 Å². The van der Waals surface area contributed by atoms with Crippen molar-refractivity contribution < 1.29 is 19.1 Å². The Hall–Kier alpha value is -1.80. The van der Waals surface area contributed by atoms with Crippen LogP contribution in [0.3, 0.4) is 0 Å². The van der Waals surface area contributed by atoms with Gasteiger partial charge in [0.15, 0.2) is 0 Å². The molecule has 29 heavy (non-hydrogen) atoms. The van der Waals surface area contributed by atoms with E-state index in [2.05, 4.69) is 0 Å². The molecule has 1 aromatic carbocycles. The lowest BCUT2D eigenvalue weighted by molar-refractivity contribution is -0.145. The molecule has 1 fully saturated rings. The van der Waals surface area contributed by atoms with E-state index in [0.717, 1.165) is 18.2 Å². The predicted octanol–water partition coefficient (Wildman–Crippen LogP) is 6.10. The highest BCUT2D eigenvalue weighted by molar-refractivity contribution is 8.26. The summed E-state index contributed by atoms with van der Waals surface area (Å²) in [5, 5.41) is 10.5. The van der Waals surface area contributed by atoms with Gasteiger partial charge in [-0.1, -0.05) is 66.9 Å². The molecular formula is C20H17Cl2NO4S2. The molecule has 1 aliphatic heterocycles. The van der Waals surface area contributed by atoms with Crippen LogP contribution in [0.4, 0.5) is 0 Å². The van der Waals surface area contributed by atoms with Crippen LogP contribution in [-0.2, 0) is 9.59 Å². The summed E-state index contributed by atoms with van der Waals surface area (Å²) in [6.45, 7) is 1.96. The van der Waals surface area contributed by atoms with Crippen molar-refractivity contribution in [2.24, 2.45) is 0 Å². The van der Waals surface area contributed by atoms with Gasteiger partial charge in [-0.05, 0) is 36.8 Å². The van der Waals surface area contributed by atoms with Gasteiger partial charge in [-0.2, -0.15) is 0 Å². The van der Waals surface area contributed by atoms with Crippen molar-refractivity contribution in [2.75, 3.05) is 0 Å². The lowest BCUT2D eigenvalue weighted by atomic mass is 10.1. The molecule has 2 heterocycles. The maximum atomic E-state index is 12.8. The van der Waals surface area contributed by atoms with E-state index in [0.29, 0.717) is 44.9 Å². The van der Waals surface area contributed by atoms with Crippen molar-refractivity contribution in [3.8, 4) is 11.3 Å². The van der Waals surface area contributed by atoms with E-state index < -0.39 is 17.9 Å². The quantitative estimate of drug-likeness (QED) is 0.390. The van der Waals surface area contributed by atoms with Crippen molar-refractivity contribution in [3.05, 3.63) is 51.0 Å². The molecule has 1 amide bonds. The summed E-state index contributed by atoms with van der Waals surface area (Å²) in [5.74, 6) is -0.559. The molecule has 0 unspecified atom stereocenters. The molecule has 0 aliphatic carbocycles. The predicted molar refractivity (Wildman–Crippen MR) is 120 cm³/mol. The topological polar surface area (TPSA) is 70.8 Å². The number of thiocarbonyl (C=S) groups is 1. The first-order valence-electron chi connectivity index (χ1n) is 8.87. The van der Waals surface area contributed by atoms with Gasteiger partial charge in [0.25, 0.3) is 5.91 Å². The molecule has 3 rings (SSSR count). The Morgan fingerprint density at radius 3 is 2.79 bits per heavy atom. The van der Waals surface area contributed by atoms with Gasteiger partial charge in [0.1, 0.15) is 21.9 Å². The third-order valence-electron chi connectivity index (χ3n) is 4.35. The van der Waals surface area contributed by atoms with E-state index in [1.54, 1.807) is 36.4 Å². The summed E-state index contributed by atoms with van der Waals surface area (Å²) < 4.78 is 6.03. The van der Waals surface area contributed by atoms with Crippen molar-refractivity contribution >= 4 is 69.5 Å². The van der Waals surface area contributed by atoms with Crippen LogP contribution < -0.4 is 0 Å². The molecule has 0 spiro atoms. The highest BCUT2D eigenvalue weighted by Gasteiger charge is 2.40. The molecule has 1 aliphatic rings. The monoisotopic (exact) mass is 469 g/mol. The lowest BCUT2D eigenvalue weighted by Gasteiger charge is -2.22. The average molecular weight is 470 g/mol. The fraction of sp³-hybridized carbons (Fsp3) is 0.250. The molecular weight excluding hydrogens is 453 g/mol. The van der Waals surface area contributed by atoms with E-state index in [1.807, 2.05) is 6.92 Å². The Bertz CT molecular complexity index is 1000. The number of halogens is 2. The third-order valence-corrected chi connectivity index (χ3v) is 6.24. The van der Waals surface area contributed by atoms with E-state index in [-0.39, 0.29) is 4.32 Å². The third kappa shape index (κ3) is 4.86. The highest BCUT2D eigenvalue weighted by atomic mass is 35.5. The number of aliphatic carboxylic acids is 1. The number of unbranched alkanes of at least 4 members (excludes halogenated alkanes) is 1. The maximum Gasteiger partial charge on any atom is 0.326 e. The Morgan fingerprint density at radius 1 is 1.34 bits per heavy atom. The fourth-order valence-corrected chi connectivity index (χ4v) is 4.62. The number of hydrogen-bond acceptors (Lipinski definition) is 5. The van der Waals surface area contributed by atoms with Gasteiger partial charge >= 0.3 is 5.97 Å². The molecule has 152 valence electrons. The van der Waals surface area contributed by atoms with Crippen LogP contribution in [0.1, 0.15) is 31.9 Å². The number of thioether (sulfide) groups is 1. The molecule has 0 bridgehead atoms. The van der Waals surface area contributed by atoms with Gasteiger partial charge in [0.2, 0.25) is 0 Å². The second-order valence-corrected chi connectivity index (χ2v) is 8.89. The summed E-state index contributed by atoms with van der Waals surface area (Å²) in [4.78, 5) is 26.0. The SMILES string of the molecule is CCCC[C@@H](C(=O)O)N1C(=O)/C(=C\c2ccc(-c3cc(Cl)ccc3Cl)o2)SC1=S. The second-order valence-electron chi connectivity index (χ2n) is 6.37. The number of nitrogens with zero attached hydrogens (tertiary/aromatic N) is 1. The van der Waals surface area contributed by atoms with Gasteiger partial charge in [-0.3, -0.25) is 9.69 Å². The van der Waals surface area contributed by atoms with Gasteiger partial charge in [0, 0.05) is 16.7 Å². The molecule has 2 aromatic rings. The first-order chi connectivity index (χ1) is 13.8. The Balaban J connectivity index is 1.85. The average Bonchev–Trinajstić information content (AvgIpc) is 3.23. The van der Waals surface area contributed by atoms with Crippen molar-refractivity contribution in [1.82, 2.24) is 4.90 Å². The van der Waals surface area contributed by atoms with Gasteiger partial charge in [-0.25, -0.2) is 4.79 Å². The first kappa shape index (κ1) is 21.9. The number of amides is 1. The number of benzene rings is 1. The number of carboxylic acids is 1. The van der Waals surface area contributed by atoms with Crippen LogP contribution in [0.15, 0.2) is 39.7 Å². The maximum absolute atomic E-state index is 12.8. The fourth-order valence-electron chi connectivity index (χ4n) is 2.90. The Labute approximate surface area is 187 Å². The van der Waals surface area contributed by atoms with Crippen molar-refractivity contribution in [1.29, 1.82) is 0 Å². The summed E-state index contributed by atoms with van der Waals surface area (Å²) in [7, 11) is 0. The lowest BCUT2D eigenvalue weighted by Crippen LogP contribution is -2.43. The largest absolute Gasteiger partial charge is 0.480 e. The normalized spacial score (nSPS) is 16.7. The molecule has 0 saturated carbocycles. The molecule has 1 aromatic heterocycles. The molecule has 5 nitrogen and oxygen atoms in total. The van der Waals surface area contributed by atoms with Crippen molar-refractivity contribution in [3.63, 3.8) is 0 Å². The highest BCUT2D eigenvalue weighted by Crippen LogP contribution is 2.37. The smallest absolute Gasteiger partial charge is 0.326 e. The van der Waals surface area contributed by atoms with Crippen LogP contribution in [0, 0.1) is 0 Å². The van der Waals surface area contributed by atoms with Gasteiger partial charge < -0.3 is 9.52 Å². The van der Waals surface area contributed by atoms with E-state index >= 15 is 0 Å². The number of furan rings is 1. The Morgan fingerprint density at radius 2 is 2.10 bits per heavy atom. The number of carboxylic acid groups (broad SMARTS) is 1. The number of carbonyl (C=O) groups excluding carboxylic acids is 1. The minimum absolute atomic E-state index is 0.231. The zero-order valence-electron chi connectivity index (χ0n) is 15.4. The molecule has 1 atom stereocenters. The summed E-state index contributed by atoms with van der Waals surface area (Å²) in [6, 6.07) is 7.51. The summed E-state index contributed by atoms with van der Waals surface area (Å²) in [5.41, 5.74) is 0.636. The number of rotatable bonds is 7. The van der Waals surface area contributed by atoms with Crippen LogP contribution in [-0.4, -0.2) is 32.2 Å². The standard InChI is InChI=1S/C20H17Cl2NO4S2/c1-2-3-4-15(19(25)26)23-18(24)17(29-20(23)28)10-12-6-8-16(27-12)13-9-11(21)5-7-14(13)22/h5-10,15H,2-4H2,1H3,(H,25,26)/b17-10+/t15-/m0/s1. The van der Waals surface area contributed by atoms with Crippen LogP contribution in [0.25, 0.3) is 17.4 Å². The first-order valence-corrected chi connectivity index (χ1v) is 10.8. The van der Waals surface area contributed by atoms with E-state index in [4.69, 9.17) is 39.8 Å². The minimum atomic E-state index is -1.06. The summed E-state index contributed by atoms with van der Waals surface area (Å²) >= 11 is 18.6. The molecule has 1 N–H and O–H groups in total.